The molecule has 1 atom stereocenters. The first-order valence-corrected chi connectivity index (χ1v) is 4.29. The molecule has 1 rings (SSSR count). The van der Waals surface area contributed by atoms with Crippen LogP contribution in [0.3, 0.4) is 0 Å². The zero-order valence-corrected chi connectivity index (χ0v) is 7.59. The Kier molecular flexibility index (Phi) is 2.89. The summed E-state index contributed by atoms with van der Waals surface area (Å²) < 4.78 is 0. The zero-order valence-electron chi connectivity index (χ0n) is 7.59. The van der Waals surface area contributed by atoms with Gasteiger partial charge >= 0.3 is 0 Å². The molecule has 1 aliphatic carbocycles. The van der Waals surface area contributed by atoms with Gasteiger partial charge in [-0.05, 0) is 13.3 Å². The normalized spacial score (nSPS) is 24.0. The summed E-state index contributed by atoms with van der Waals surface area (Å²) in [4.78, 5) is 0. The molecular formula is C10H17N. The maximum Gasteiger partial charge on any atom is 0.0292 e. The molecule has 0 saturated heterocycles. The molecule has 0 amide bonds. The molecule has 1 N–H and O–H groups in total. The van der Waals surface area contributed by atoms with Gasteiger partial charge in [0.25, 0.3) is 0 Å². The lowest BCUT2D eigenvalue weighted by atomic mass is 10.0. The summed E-state index contributed by atoms with van der Waals surface area (Å²) in [6.07, 6.45) is 7.84. The summed E-state index contributed by atoms with van der Waals surface area (Å²) in [6, 6.07) is 1.13. The molecule has 0 fully saturated rings. The fourth-order valence-corrected chi connectivity index (χ4v) is 1.39. The molecule has 0 spiro atoms. The Bertz CT molecular complexity index is 177. The van der Waals surface area contributed by atoms with Gasteiger partial charge in [-0.25, -0.2) is 0 Å². The Morgan fingerprint density at radius 2 is 2.27 bits per heavy atom. The Labute approximate surface area is 69.2 Å². The van der Waals surface area contributed by atoms with Crippen molar-refractivity contribution in [3.63, 3.8) is 0 Å². The smallest absolute Gasteiger partial charge is 0.0292 e. The molecule has 0 aliphatic heterocycles. The van der Waals surface area contributed by atoms with E-state index < -0.39 is 0 Å². The van der Waals surface area contributed by atoms with Crippen LogP contribution in [0.15, 0.2) is 23.8 Å². The summed E-state index contributed by atoms with van der Waals surface area (Å²) in [5.74, 6) is 0. The highest BCUT2D eigenvalue weighted by Crippen LogP contribution is 2.09. The number of rotatable bonds is 2. The molecule has 0 radical (unpaired) electrons. The first-order chi connectivity index (χ1) is 5.18. The average molecular weight is 151 g/mol. The zero-order chi connectivity index (χ0) is 8.27. The van der Waals surface area contributed by atoms with E-state index in [1.54, 1.807) is 0 Å². The maximum atomic E-state index is 3.48. The van der Waals surface area contributed by atoms with Crippen LogP contribution in [0.5, 0.6) is 0 Å². The Morgan fingerprint density at radius 1 is 1.55 bits per heavy atom. The van der Waals surface area contributed by atoms with E-state index in [-0.39, 0.29) is 0 Å². The van der Waals surface area contributed by atoms with Crippen molar-refractivity contribution in [1.82, 2.24) is 5.32 Å². The van der Waals surface area contributed by atoms with Crippen molar-refractivity contribution < 1.29 is 0 Å². The molecule has 0 heterocycles. The van der Waals surface area contributed by atoms with Crippen LogP contribution < -0.4 is 5.32 Å². The molecule has 0 aromatic rings. The van der Waals surface area contributed by atoms with Crippen LogP contribution in [0.4, 0.5) is 0 Å². The minimum absolute atomic E-state index is 0.556. The number of allylic oxidation sites excluding steroid dienone is 2. The first-order valence-electron chi connectivity index (χ1n) is 4.29. The third kappa shape index (κ3) is 2.89. The quantitative estimate of drug-likeness (QED) is 0.638. The lowest BCUT2D eigenvalue weighted by Gasteiger charge is -2.19. The van der Waals surface area contributed by atoms with Crippen LogP contribution in [0.1, 0.15) is 27.2 Å². The van der Waals surface area contributed by atoms with E-state index >= 15 is 0 Å². The molecule has 1 heteroatoms. The van der Waals surface area contributed by atoms with Crippen LogP contribution in [-0.4, -0.2) is 12.1 Å². The van der Waals surface area contributed by atoms with Crippen LogP contribution in [0.2, 0.25) is 0 Å². The highest BCUT2D eigenvalue weighted by atomic mass is 14.9. The minimum atomic E-state index is 0.556. The molecule has 1 aliphatic rings. The van der Waals surface area contributed by atoms with E-state index in [0.29, 0.717) is 12.1 Å². The minimum Gasteiger partial charge on any atom is -0.308 e. The van der Waals surface area contributed by atoms with Gasteiger partial charge in [-0.3, -0.25) is 0 Å². The first kappa shape index (κ1) is 8.54. The van der Waals surface area contributed by atoms with Gasteiger partial charge in [-0.15, -0.1) is 0 Å². The predicted octanol–water partition coefficient (Wildman–Crippen LogP) is 2.26. The largest absolute Gasteiger partial charge is 0.308 e. The van der Waals surface area contributed by atoms with Gasteiger partial charge in [0.1, 0.15) is 0 Å². The van der Waals surface area contributed by atoms with E-state index in [1.807, 2.05) is 0 Å². The van der Waals surface area contributed by atoms with E-state index in [9.17, 15) is 0 Å². The Morgan fingerprint density at radius 3 is 2.82 bits per heavy atom. The fraction of sp³-hybridized carbons (Fsp3) is 0.600. The SMILES string of the molecule is CC1=CC(NC(C)C)CC=C1. The summed E-state index contributed by atoms with van der Waals surface area (Å²) in [5.41, 5.74) is 1.37. The van der Waals surface area contributed by atoms with Crippen molar-refractivity contribution in [1.29, 1.82) is 0 Å². The van der Waals surface area contributed by atoms with Gasteiger partial charge in [0.2, 0.25) is 0 Å². The summed E-state index contributed by atoms with van der Waals surface area (Å²) in [5, 5.41) is 3.48. The van der Waals surface area contributed by atoms with E-state index in [1.165, 1.54) is 5.57 Å². The molecule has 62 valence electrons. The van der Waals surface area contributed by atoms with E-state index in [2.05, 4.69) is 44.3 Å². The molecule has 11 heavy (non-hydrogen) atoms. The number of hydrogen-bond donors (Lipinski definition) is 1. The molecule has 0 aromatic carbocycles. The number of nitrogens with one attached hydrogen (secondary N) is 1. The lowest BCUT2D eigenvalue weighted by molar-refractivity contribution is 0.522. The van der Waals surface area contributed by atoms with Crippen molar-refractivity contribution >= 4 is 0 Å². The summed E-state index contributed by atoms with van der Waals surface area (Å²) >= 11 is 0. The van der Waals surface area contributed by atoms with Crippen LogP contribution in [-0.2, 0) is 0 Å². The van der Waals surface area contributed by atoms with E-state index in [0.717, 1.165) is 6.42 Å². The highest BCUT2D eigenvalue weighted by molar-refractivity contribution is 5.23. The van der Waals surface area contributed by atoms with Crippen molar-refractivity contribution in [2.75, 3.05) is 0 Å². The Hall–Kier alpha value is -0.560. The van der Waals surface area contributed by atoms with Crippen molar-refractivity contribution in [3.8, 4) is 0 Å². The van der Waals surface area contributed by atoms with Crippen LogP contribution in [0.25, 0.3) is 0 Å². The molecule has 0 aromatic heterocycles. The third-order valence-corrected chi connectivity index (χ3v) is 1.78. The number of hydrogen-bond acceptors (Lipinski definition) is 1. The van der Waals surface area contributed by atoms with Gasteiger partial charge < -0.3 is 5.32 Å². The van der Waals surface area contributed by atoms with Crippen molar-refractivity contribution in [2.45, 2.75) is 39.3 Å². The second-order valence-electron chi connectivity index (χ2n) is 3.48. The summed E-state index contributed by atoms with van der Waals surface area (Å²) in [7, 11) is 0. The van der Waals surface area contributed by atoms with Gasteiger partial charge in [-0.1, -0.05) is 37.6 Å². The fourth-order valence-electron chi connectivity index (χ4n) is 1.39. The standard InChI is InChI=1S/C10H17N/c1-8(2)11-10-6-4-5-9(3)7-10/h4-5,7-8,10-11H,6H2,1-3H3. The maximum absolute atomic E-state index is 3.48. The van der Waals surface area contributed by atoms with Gasteiger partial charge in [-0.2, -0.15) is 0 Å². The van der Waals surface area contributed by atoms with Crippen LogP contribution >= 0.6 is 0 Å². The summed E-state index contributed by atoms with van der Waals surface area (Å²) in [6.45, 7) is 6.51. The molecule has 0 bridgehead atoms. The van der Waals surface area contributed by atoms with Crippen molar-refractivity contribution in [2.24, 2.45) is 0 Å². The third-order valence-electron chi connectivity index (χ3n) is 1.78. The lowest BCUT2D eigenvalue weighted by Crippen LogP contribution is -2.33. The molecule has 0 saturated carbocycles. The van der Waals surface area contributed by atoms with Crippen LogP contribution in [0, 0.1) is 0 Å². The second kappa shape index (κ2) is 3.72. The molecule has 1 unspecified atom stereocenters. The topological polar surface area (TPSA) is 12.0 Å². The van der Waals surface area contributed by atoms with Gasteiger partial charge in [0.05, 0.1) is 0 Å². The molecular weight excluding hydrogens is 134 g/mol. The van der Waals surface area contributed by atoms with Gasteiger partial charge in [0, 0.05) is 12.1 Å². The average Bonchev–Trinajstić information content (AvgIpc) is 1.85. The Balaban J connectivity index is 2.44. The molecule has 1 nitrogen and oxygen atoms in total. The van der Waals surface area contributed by atoms with Crippen molar-refractivity contribution in [3.05, 3.63) is 23.8 Å². The monoisotopic (exact) mass is 151 g/mol. The van der Waals surface area contributed by atoms with Gasteiger partial charge in [0.15, 0.2) is 0 Å². The second-order valence-corrected chi connectivity index (χ2v) is 3.48. The van der Waals surface area contributed by atoms with E-state index in [4.69, 9.17) is 0 Å². The predicted molar refractivity (Wildman–Crippen MR) is 49.6 cm³/mol. The highest BCUT2D eigenvalue weighted by Gasteiger charge is 2.07.